The highest BCUT2D eigenvalue weighted by molar-refractivity contribution is 5.96. The quantitative estimate of drug-likeness (QED) is 0.843. The summed E-state index contributed by atoms with van der Waals surface area (Å²) in [7, 11) is 0. The standard InChI is InChI=1S/C20H22N2O3/c1-2-10-22-18-8-7-17(12-15(18)6-9-19(22)23)21-13-14-4-3-5-16(11-14)20(24)25/h3-5,7-8,11-12,21H,2,6,9-10,13H2,1H3,(H,24,25). The van der Waals surface area contributed by atoms with Gasteiger partial charge < -0.3 is 15.3 Å². The molecule has 1 amide bonds. The lowest BCUT2D eigenvalue weighted by Gasteiger charge is -2.29. The van der Waals surface area contributed by atoms with Crippen molar-refractivity contribution in [3.63, 3.8) is 0 Å². The number of carbonyl (C=O) groups excluding carboxylic acids is 1. The molecule has 2 aromatic rings. The van der Waals surface area contributed by atoms with Gasteiger partial charge in [-0.05, 0) is 54.3 Å². The third kappa shape index (κ3) is 3.82. The second-order valence-corrected chi connectivity index (χ2v) is 6.25. The Hall–Kier alpha value is -2.82. The van der Waals surface area contributed by atoms with E-state index in [1.807, 2.05) is 23.1 Å². The van der Waals surface area contributed by atoms with Crippen molar-refractivity contribution in [3.8, 4) is 0 Å². The van der Waals surface area contributed by atoms with E-state index in [1.54, 1.807) is 18.2 Å². The molecule has 25 heavy (non-hydrogen) atoms. The summed E-state index contributed by atoms with van der Waals surface area (Å²) in [5, 5.41) is 12.4. The van der Waals surface area contributed by atoms with Crippen LogP contribution in [-0.2, 0) is 17.8 Å². The molecule has 0 unspecified atom stereocenters. The van der Waals surface area contributed by atoms with Crippen molar-refractivity contribution >= 4 is 23.3 Å². The molecule has 5 heteroatoms. The molecule has 0 atom stereocenters. The average Bonchev–Trinajstić information content (AvgIpc) is 2.62. The predicted octanol–water partition coefficient (Wildman–Crippen LogP) is 3.69. The van der Waals surface area contributed by atoms with E-state index in [-0.39, 0.29) is 5.91 Å². The van der Waals surface area contributed by atoms with Crippen molar-refractivity contribution in [2.45, 2.75) is 32.7 Å². The van der Waals surface area contributed by atoms with Crippen molar-refractivity contribution in [2.75, 3.05) is 16.8 Å². The third-order valence-electron chi connectivity index (χ3n) is 4.40. The minimum atomic E-state index is -0.920. The molecule has 1 aliphatic heterocycles. The molecule has 0 spiro atoms. The number of aromatic carboxylic acids is 1. The molecule has 0 saturated heterocycles. The molecular weight excluding hydrogens is 316 g/mol. The van der Waals surface area contributed by atoms with Gasteiger partial charge in [0.15, 0.2) is 0 Å². The molecule has 1 aliphatic rings. The van der Waals surface area contributed by atoms with Crippen LogP contribution in [0.1, 0.15) is 41.3 Å². The zero-order valence-electron chi connectivity index (χ0n) is 14.3. The summed E-state index contributed by atoms with van der Waals surface area (Å²) in [4.78, 5) is 25.0. The van der Waals surface area contributed by atoms with E-state index < -0.39 is 5.97 Å². The zero-order chi connectivity index (χ0) is 17.8. The van der Waals surface area contributed by atoms with Gasteiger partial charge in [-0.1, -0.05) is 19.1 Å². The summed E-state index contributed by atoms with van der Waals surface area (Å²) in [6, 6.07) is 13.0. The van der Waals surface area contributed by atoms with Gasteiger partial charge in [0.1, 0.15) is 0 Å². The molecule has 2 N–H and O–H groups in total. The number of hydrogen-bond acceptors (Lipinski definition) is 3. The summed E-state index contributed by atoms with van der Waals surface area (Å²) in [5.74, 6) is -0.725. The Balaban J connectivity index is 1.73. The number of aryl methyl sites for hydroxylation is 1. The molecule has 1 heterocycles. The van der Waals surface area contributed by atoms with Crippen molar-refractivity contribution in [2.24, 2.45) is 0 Å². The van der Waals surface area contributed by atoms with E-state index in [1.165, 1.54) is 5.56 Å². The molecule has 0 aromatic heterocycles. The molecule has 0 bridgehead atoms. The number of amides is 1. The Morgan fingerprint density at radius 1 is 1.20 bits per heavy atom. The Bertz CT molecular complexity index is 801. The highest BCUT2D eigenvalue weighted by Crippen LogP contribution is 2.30. The van der Waals surface area contributed by atoms with Crippen molar-refractivity contribution < 1.29 is 14.7 Å². The monoisotopic (exact) mass is 338 g/mol. The number of hydrogen-bond donors (Lipinski definition) is 2. The van der Waals surface area contributed by atoms with Gasteiger partial charge in [0.2, 0.25) is 5.91 Å². The Kier molecular flexibility index (Phi) is 5.03. The normalized spacial score (nSPS) is 13.5. The highest BCUT2D eigenvalue weighted by Gasteiger charge is 2.23. The van der Waals surface area contributed by atoms with Crippen LogP contribution in [0.2, 0.25) is 0 Å². The van der Waals surface area contributed by atoms with Gasteiger partial charge in [0.05, 0.1) is 5.56 Å². The minimum absolute atomic E-state index is 0.195. The van der Waals surface area contributed by atoms with Crippen LogP contribution in [0.3, 0.4) is 0 Å². The van der Waals surface area contributed by atoms with Crippen LogP contribution in [0.5, 0.6) is 0 Å². The highest BCUT2D eigenvalue weighted by atomic mass is 16.4. The maximum atomic E-state index is 12.1. The number of carboxylic acid groups (broad SMARTS) is 1. The van der Waals surface area contributed by atoms with Crippen LogP contribution >= 0.6 is 0 Å². The number of carbonyl (C=O) groups is 2. The van der Waals surface area contributed by atoms with Gasteiger partial charge >= 0.3 is 5.97 Å². The molecular formula is C20H22N2O3. The van der Waals surface area contributed by atoms with Crippen LogP contribution in [-0.4, -0.2) is 23.5 Å². The molecule has 5 nitrogen and oxygen atoms in total. The number of benzene rings is 2. The molecule has 0 aliphatic carbocycles. The average molecular weight is 338 g/mol. The fraction of sp³-hybridized carbons (Fsp3) is 0.300. The van der Waals surface area contributed by atoms with Crippen molar-refractivity contribution in [1.29, 1.82) is 0 Å². The zero-order valence-corrected chi connectivity index (χ0v) is 14.3. The van der Waals surface area contributed by atoms with Crippen LogP contribution in [0, 0.1) is 0 Å². The molecule has 0 fully saturated rings. The van der Waals surface area contributed by atoms with Gasteiger partial charge in [0, 0.05) is 30.9 Å². The van der Waals surface area contributed by atoms with Crippen LogP contribution in [0.15, 0.2) is 42.5 Å². The van der Waals surface area contributed by atoms with E-state index in [9.17, 15) is 9.59 Å². The molecule has 3 rings (SSSR count). The largest absolute Gasteiger partial charge is 0.478 e. The van der Waals surface area contributed by atoms with Crippen LogP contribution in [0.25, 0.3) is 0 Å². The smallest absolute Gasteiger partial charge is 0.335 e. The SMILES string of the molecule is CCCN1C(=O)CCc2cc(NCc3cccc(C(=O)O)c3)ccc21. The van der Waals surface area contributed by atoms with Crippen LogP contribution in [0.4, 0.5) is 11.4 Å². The number of carboxylic acids is 1. The molecule has 0 radical (unpaired) electrons. The number of nitrogens with one attached hydrogen (secondary N) is 1. The fourth-order valence-electron chi connectivity index (χ4n) is 3.16. The lowest BCUT2D eigenvalue weighted by atomic mass is 10.00. The number of nitrogens with zero attached hydrogens (tertiary/aromatic N) is 1. The number of rotatable bonds is 6. The lowest BCUT2D eigenvalue weighted by molar-refractivity contribution is -0.118. The Labute approximate surface area is 147 Å². The lowest BCUT2D eigenvalue weighted by Crippen LogP contribution is -2.35. The molecule has 130 valence electrons. The van der Waals surface area contributed by atoms with Gasteiger partial charge in [-0.15, -0.1) is 0 Å². The number of anilines is 2. The topological polar surface area (TPSA) is 69.6 Å². The van der Waals surface area contributed by atoms with E-state index in [0.717, 1.165) is 36.3 Å². The maximum absolute atomic E-state index is 12.1. The van der Waals surface area contributed by atoms with E-state index in [2.05, 4.69) is 18.3 Å². The molecule has 2 aromatic carbocycles. The van der Waals surface area contributed by atoms with E-state index >= 15 is 0 Å². The summed E-state index contributed by atoms with van der Waals surface area (Å²) in [6.07, 6.45) is 2.25. The Morgan fingerprint density at radius 3 is 2.80 bits per heavy atom. The van der Waals surface area contributed by atoms with Crippen molar-refractivity contribution in [1.82, 2.24) is 0 Å². The second kappa shape index (κ2) is 7.38. The first-order valence-electron chi connectivity index (χ1n) is 8.58. The third-order valence-corrected chi connectivity index (χ3v) is 4.40. The summed E-state index contributed by atoms with van der Waals surface area (Å²) >= 11 is 0. The minimum Gasteiger partial charge on any atom is -0.478 e. The van der Waals surface area contributed by atoms with Gasteiger partial charge in [0.25, 0.3) is 0 Å². The van der Waals surface area contributed by atoms with Crippen LogP contribution < -0.4 is 10.2 Å². The molecule has 0 saturated carbocycles. The summed E-state index contributed by atoms with van der Waals surface area (Å²) in [5.41, 5.74) is 4.37. The van der Waals surface area contributed by atoms with Gasteiger partial charge in [-0.25, -0.2) is 4.79 Å². The summed E-state index contributed by atoms with van der Waals surface area (Å²) < 4.78 is 0. The Morgan fingerprint density at radius 2 is 2.04 bits per heavy atom. The first kappa shape index (κ1) is 17.0. The van der Waals surface area contributed by atoms with E-state index in [0.29, 0.717) is 18.5 Å². The van der Waals surface area contributed by atoms with Gasteiger partial charge in [-0.3, -0.25) is 4.79 Å². The summed E-state index contributed by atoms with van der Waals surface area (Å²) in [6.45, 7) is 3.38. The van der Waals surface area contributed by atoms with Crippen molar-refractivity contribution in [3.05, 3.63) is 59.2 Å². The van der Waals surface area contributed by atoms with Gasteiger partial charge in [-0.2, -0.15) is 0 Å². The predicted molar refractivity (Wildman–Crippen MR) is 98.1 cm³/mol. The second-order valence-electron chi connectivity index (χ2n) is 6.25. The fourth-order valence-corrected chi connectivity index (χ4v) is 3.16. The van der Waals surface area contributed by atoms with E-state index in [4.69, 9.17) is 5.11 Å². The maximum Gasteiger partial charge on any atom is 0.335 e. The number of fused-ring (bicyclic) bond motifs is 1. The first-order valence-corrected chi connectivity index (χ1v) is 8.58. The first-order chi connectivity index (χ1) is 12.1.